The molecule has 1 aromatic heterocycles. The highest BCUT2D eigenvalue weighted by molar-refractivity contribution is 5.95. The molecule has 0 aliphatic heterocycles. The van der Waals surface area contributed by atoms with Crippen LogP contribution in [-0.2, 0) is 4.74 Å². The molecule has 1 saturated carbocycles. The Morgan fingerprint density at radius 2 is 2.00 bits per heavy atom. The Hall–Kier alpha value is -2.20. The zero-order valence-electron chi connectivity index (χ0n) is 14.1. The number of hydrogen-bond donors (Lipinski definition) is 1. The summed E-state index contributed by atoms with van der Waals surface area (Å²) in [5.74, 6) is 0.721. The van der Waals surface area contributed by atoms with E-state index in [0.717, 1.165) is 35.9 Å². The number of carbonyl (C=O) groups is 1. The van der Waals surface area contributed by atoms with Gasteiger partial charge in [0, 0.05) is 25.3 Å². The summed E-state index contributed by atoms with van der Waals surface area (Å²) in [6.45, 7) is 4.09. The first-order valence-corrected chi connectivity index (χ1v) is 8.63. The number of benzene rings is 1. The van der Waals surface area contributed by atoms with Gasteiger partial charge in [-0.25, -0.2) is 0 Å². The van der Waals surface area contributed by atoms with Gasteiger partial charge in [0.2, 0.25) is 0 Å². The average molecular weight is 324 g/mol. The van der Waals surface area contributed by atoms with E-state index in [1.807, 2.05) is 49.4 Å². The van der Waals surface area contributed by atoms with Crippen molar-refractivity contribution in [2.75, 3.05) is 19.8 Å². The van der Waals surface area contributed by atoms with Crippen LogP contribution in [0.5, 0.6) is 0 Å². The third-order valence-electron chi connectivity index (χ3n) is 4.20. The summed E-state index contributed by atoms with van der Waals surface area (Å²) in [7, 11) is 0. The average Bonchev–Trinajstić information content (AvgIpc) is 3.43. The number of rotatable bonds is 8. The Labute approximate surface area is 143 Å². The van der Waals surface area contributed by atoms with Gasteiger partial charge < -0.3 is 10.1 Å². The van der Waals surface area contributed by atoms with Gasteiger partial charge in [-0.2, -0.15) is 0 Å². The molecule has 2 aromatic rings. The van der Waals surface area contributed by atoms with Gasteiger partial charge in [-0.05, 0) is 44.2 Å². The van der Waals surface area contributed by atoms with Gasteiger partial charge in [0.15, 0.2) is 0 Å². The van der Waals surface area contributed by atoms with E-state index >= 15 is 0 Å². The predicted octanol–water partition coefficient (Wildman–Crippen LogP) is 3.60. The van der Waals surface area contributed by atoms with Crippen LogP contribution in [0.25, 0.3) is 11.3 Å². The molecule has 3 rings (SSSR count). The first-order chi connectivity index (χ1) is 11.7. The van der Waals surface area contributed by atoms with Crippen LogP contribution in [0.4, 0.5) is 0 Å². The molecule has 0 bridgehead atoms. The van der Waals surface area contributed by atoms with Crippen molar-refractivity contribution in [1.82, 2.24) is 10.3 Å². The van der Waals surface area contributed by atoms with Crippen LogP contribution in [0.3, 0.4) is 0 Å². The fourth-order valence-corrected chi connectivity index (χ4v) is 2.58. The monoisotopic (exact) mass is 324 g/mol. The number of pyridine rings is 1. The van der Waals surface area contributed by atoms with E-state index in [4.69, 9.17) is 4.74 Å². The molecule has 0 saturated heterocycles. The largest absolute Gasteiger partial charge is 0.381 e. The number of aryl methyl sites for hydroxylation is 1. The molecule has 1 aliphatic carbocycles. The lowest BCUT2D eigenvalue weighted by Gasteiger charge is -2.09. The topological polar surface area (TPSA) is 51.2 Å². The summed E-state index contributed by atoms with van der Waals surface area (Å²) >= 11 is 0. The molecule has 1 heterocycles. The first-order valence-electron chi connectivity index (χ1n) is 8.63. The molecule has 24 heavy (non-hydrogen) atoms. The molecule has 4 heteroatoms. The summed E-state index contributed by atoms with van der Waals surface area (Å²) in [5.41, 5.74) is 3.32. The lowest BCUT2D eigenvalue weighted by Crippen LogP contribution is -2.26. The van der Waals surface area contributed by atoms with Crippen molar-refractivity contribution in [3.8, 4) is 11.3 Å². The third-order valence-corrected chi connectivity index (χ3v) is 4.20. The number of carbonyl (C=O) groups excluding carboxylic acids is 1. The van der Waals surface area contributed by atoms with Gasteiger partial charge in [-0.3, -0.25) is 9.78 Å². The molecule has 1 N–H and O–H groups in total. The van der Waals surface area contributed by atoms with Crippen LogP contribution in [0, 0.1) is 12.8 Å². The maximum absolute atomic E-state index is 12.3. The normalized spacial score (nSPS) is 13.7. The van der Waals surface area contributed by atoms with Gasteiger partial charge in [-0.15, -0.1) is 0 Å². The minimum Gasteiger partial charge on any atom is -0.381 e. The summed E-state index contributed by atoms with van der Waals surface area (Å²) in [4.78, 5) is 16.8. The van der Waals surface area contributed by atoms with E-state index in [2.05, 4.69) is 10.3 Å². The Morgan fingerprint density at radius 1 is 1.21 bits per heavy atom. The van der Waals surface area contributed by atoms with Crippen molar-refractivity contribution in [1.29, 1.82) is 0 Å². The summed E-state index contributed by atoms with van der Waals surface area (Å²) < 4.78 is 5.57. The molecular formula is C20H24N2O2. The molecule has 0 atom stereocenters. The Bertz CT molecular complexity index is 681. The van der Waals surface area contributed by atoms with Gasteiger partial charge >= 0.3 is 0 Å². The first kappa shape index (κ1) is 16.7. The molecule has 4 nitrogen and oxygen atoms in total. The van der Waals surface area contributed by atoms with E-state index in [9.17, 15) is 4.79 Å². The van der Waals surface area contributed by atoms with Crippen LogP contribution < -0.4 is 5.32 Å². The van der Waals surface area contributed by atoms with Crippen molar-refractivity contribution in [2.24, 2.45) is 5.92 Å². The van der Waals surface area contributed by atoms with Gasteiger partial charge in [0.1, 0.15) is 0 Å². The lowest BCUT2D eigenvalue weighted by atomic mass is 10.1. The number of nitrogens with one attached hydrogen (secondary N) is 1. The second kappa shape index (κ2) is 8.06. The molecule has 126 valence electrons. The minimum atomic E-state index is -0.0678. The Balaban J connectivity index is 1.49. The van der Waals surface area contributed by atoms with Crippen LogP contribution >= 0.6 is 0 Å². The van der Waals surface area contributed by atoms with E-state index in [1.165, 1.54) is 12.8 Å². The maximum Gasteiger partial charge on any atom is 0.253 e. The summed E-state index contributed by atoms with van der Waals surface area (Å²) in [6, 6.07) is 13.7. The smallest absolute Gasteiger partial charge is 0.253 e. The number of aromatic nitrogens is 1. The van der Waals surface area contributed by atoms with Crippen molar-refractivity contribution in [3.63, 3.8) is 0 Å². The standard InChI is InChI=1S/C20H24N2O2/c1-15-18(10-11-19(22-15)17-6-3-2-4-7-17)20(23)21-12-5-13-24-14-16-8-9-16/h2-4,6-7,10-11,16H,5,8-9,12-14H2,1H3,(H,21,23). The molecule has 0 unspecified atom stereocenters. The number of ether oxygens (including phenoxy) is 1. The van der Waals surface area contributed by atoms with Crippen molar-refractivity contribution in [3.05, 3.63) is 53.7 Å². The summed E-state index contributed by atoms with van der Waals surface area (Å²) in [5, 5.41) is 2.94. The second-order valence-electron chi connectivity index (χ2n) is 6.32. The summed E-state index contributed by atoms with van der Waals surface area (Å²) in [6.07, 6.45) is 3.46. The van der Waals surface area contributed by atoms with Crippen molar-refractivity contribution < 1.29 is 9.53 Å². The Kier molecular flexibility index (Phi) is 5.59. The zero-order chi connectivity index (χ0) is 16.8. The van der Waals surface area contributed by atoms with E-state index in [1.54, 1.807) is 0 Å². The number of amides is 1. The van der Waals surface area contributed by atoms with Crippen LogP contribution in [0.15, 0.2) is 42.5 Å². The van der Waals surface area contributed by atoms with Gasteiger partial charge in [-0.1, -0.05) is 30.3 Å². The van der Waals surface area contributed by atoms with Crippen LogP contribution in [0.1, 0.15) is 35.3 Å². The molecule has 0 radical (unpaired) electrons. The molecule has 0 spiro atoms. The third kappa shape index (κ3) is 4.65. The SMILES string of the molecule is Cc1nc(-c2ccccc2)ccc1C(=O)NCCCOCC1CC1. The minimum absolute atomic E-state index is 0.0678. The van der Waals surface area contributed by atoms with Crippen LogP contribution in [-0.4, -0.2) is 30.6 Å². The predicted molar refractivity (Wildman–Crippen MR) is 94.9 cm³/mol. The fourth-order valence-electron chi connectivity index (χ4n) is 2.58. The second-order valence-corrected chi connectivity index (χ2v) is 6.32. The molecule has 1 amide bonds. The zero-order valence-corrected chi connectivity index (χ0v) is 14.1. The highest BCUT2D eigenvalue weighted by Gasteiger charge is 2.20. The highest BCUT2D eigenvalue weighted by Crippen LogP contribution is 2.28. The van der Waals surface area contributed by atoms with E-state index < -0.39 is 0 Å². The van der Waals surface area contributed by atoms with Crippen molar-refractivity contribution >= 4 is 5.91 Å². The van der Waals surface area contributed by atoms with E-state index in [-0.39, 0.29) is 5.91 Å². The molecular weight excluding hydrogens is 300 g/mol. The molecule has 1 aromatic carbocycles. The van der Waals surface area contributed by atoms with Gasteiger partial charge in [0.25, 0.3) is 5.91 Å². The quantitative estimate of drug-likeness (QED) is 0.755. The highest BCUT2D eigenvalue weighted by atomic mass is 16.5. The molecule has 1 aliphatic rings. The number of hydrogen-bond acceptors (Lipinski definition) is 3. The van der Waals surface area contributed by atoms with Gasteiger partial charge in [0.05, 0.1) is 17.0 Å². The number of nitrogens with zero attached hydrogens (tertiary/aromatic N) is 1. The van der Waals surface area contributed by atoms with Crippen LogP contribution in [0.2, 0.25) is 0 Å². The Morgan fingerprint density at radius 3 is 2.71 bits per heavy atom. The molecule has 1 fully saturated rings. The van der Waals surface area contributed by atoms with E-state index in [0.29, 0.717) is 18.7 Å². The fraction of sp³-hybridized carbons (Fsp3) is 0.400. The maximum atomic E-state index is 12.3. The van der Waals surface area contributed by atoms with Crippen molar-refractivity contribution in [2.45, 2.75) is 26.2 Å². The lowest BCUT2D eigenvalue weighted by molar-refractivity contribution is 0.0936.